The van der Waals surface area contributed by atoms with Gasteiger partial charge in [0.15, 0.2) is 0 Å². The fourth-order valence-corrected chi connectivity index (χ4v) is 1.29. The van der Waals surface area contributed by atoms with Crippen molar-refractivity contribution in [2.24, 2.45) is 5.73 Å². The Balaban J connectivity index is 2.52. The van der Waals surface area contributed by atoms with E-state index in [0.717, 1.165) is 5.69 Å². The third-order valence-electron chi connectivity index (χ3n) is 1.95. The molecule has 0 amide bonds. The van der Waals surface area contributed by atoms with Gasteiger partial charge in [0.2, 0.25) is 0 Å². The molecule has 1 aromatic heterocycles. The largest absolute Gasteiger partial charge is 0.382 e. The average molecular weight is 186 g/mol. The predicted octanol–water partition coefficient (Wildman–Crippen LogP) is 1.16. The van der Waals surface area contributed by atoms with Crippen molar-refractivity contribution in [1.29, 1.82) is 5.41 Å². The van der Waals surface area contributed by atoms with E-state index in [1.165, 1.54) is 0 Å². The molecule has 0 radical (unpaired) electrons. The van der Waals surface area contributed by atoms with E-state index in [2.05, 4.69) is 4.98 Å². The minimum atomic E-state index is 0.0198. The second-order valence-electron chi connectivity index (χ2n) is 2.90. The van der Waals surface area contributed by atoms with Crippen LogP contribution in [0.5, 0.6) is 0 Å². The molecule has 2 rings (SSSR count). The topological polar surface area (TPSA) is 67.7 Å². The van der Waals surface area contributed by atoms with Gasteiger partial charge in [-0.25, -0.2) is 4.98 Å². The van der Waals surface area contributed by atoms with Gasteiger partial charge in [0.25, 0.3) is 0 Å². The van der Waals surface area contributed by atoms with Crippen molar-refractivity contribution in [1.82, 2.24) is 9.55 Å². The van der Waals surface area contributed by atoms with E-state index in [1.807, 2.05) is 30.3 Å². The van der Waals surface area contributed by atoms with Crippen LogP contribution in [0, 0.1) is 5.41 Å². The molecule has 4 heteroatoms. The van der Waals surface area contributed by atoms with Gasteiger partial charge >= 0.3 is 0 Å². The fraction of sp³-hybridized carbons (Fsp3) is 0. The molecular weight excluding hydrogens is 176 g/mol. The molecule has 0 aliphatic rings. The first-order valence-electron chi connectivity index (χ1n) is 4.21. The number of para-hydroxylation sites is 1. The molecule has 3 N–H and O–H groups in total. The van der Waals surface area contributed by atoms with Crippen molar-refractivity contribution >= 4 is 5.84 Å². The number of hydrogen-bond acceptors (Lipinski definition) is 2. The summed E-state index contributed by atoms with van der Waals surface area (Å²) in [6.45, 7) is 0. The van der Waals surface area contributed by atoms with Crippen molar-refractivity contribution in [3.63, 3.8) is 0 Å². The van der Waals surface area contributed by atoms with Crippen LogP contribution in [0.1, 0.15) is 5.69 Å². The first kappa shape index (κ1) is 8.50. The standard InChI is InChI=1S/C10H10N4/c11-10(12)9-6-13-7-14(9)8-4-2-1-3-5-8/h1-7H,(H3,11,12). The molecule has 0 aliphatic carbocycles. The van der Waals surface area contributed by atoms with Gasteiger partial charge in [-0.1, -0.05) is 18.2 Å². The van der Waals surface area contributed by atoms with Crippen molar-refractivity contribution in [3.05, 3.63) is 48.5 Å². The van der Waals surface area contributed by atoms with Crippen molar-refractivity contribution in [3.8, 4) is 5.69 Å². The second-order valence-corrected chi connectivity index (χ2v) is 2.90. The van der Waals surface area contributed by atoms with E-state index in [0.29, 0.717) is 5.69 Å². The zero-order chi connectivity index (χ0) is 9.97. The van der Waals surface area contributed by atoms with Gasteiger partial charge in [-0.15, -0.1) is 0 Å². The summed E-state index contributed by atoms with van der Waals surface area (Å²) < 4.78 is 1.78. The van der Waals surface area contributed by atoms with Crippen LogP contribution in [0.2, 0.25) is 0 Å². The summed E-state index contributed by atoms with van der Waals surface area (Å²) in [5.41, 5.74) is 6.98. The first-order chi connectivity index (χ1) is 6.79. The van der Waals surface area contributed by atoms with E-state index in [1.54, 1.807) is 17.1 Å². The Labute approximate surface area is 81.5 Å². The summed E-state index contributed by atoms with van der Waals surface area (Å²) in [4.78, 5) is 3.96. The van der Waals surface area contributed by atoms with Crippen molar-refractivity contribution in [2.75, 3.05) is 0 Å². The van der Waals surface area contributed by atoms with Crippen LogP contribution < -0.4 is 5.73 Å². The average Bonchev–Trinajstić information content (AvgIpc) is 2.67. The van der Waals surface area contributed by atoms with E-state index in [-0.39, 0.29) is 5.84 Å². The Hall–Kier alpha value is -2.10. The number of imidazole rings is 1. The van der Waals surface area contributed by atoms with E-state index in [4.69, 9.17) is 11.1 Å². The number of amidine groups is 1. The number of nitrogens with two attached hydrogens (primary N) is 1. The highest BCUT2D eigenvalue weighted by Gasteiger charge is 2.05. The first-order valence-corrected chi connectivity index (χ1v) is 4.21. The molecule has 1 aromatic carbocycles. The van der Waals surface area contributed by atoms with Crippen LogP contribution in [0.25, 0.3) is 5.69 Å². The maximum atomic E-state index is 7.36. The van der Waals surface area contributed by atoms with Crippen LogP contribution in [0.15, 0.2) is 42.9 Å². The highest BCUT2D eigenvalue weighted by molar-refractivity contribution is 5.93. The number of nitrogen functional groups attached to an aromatic ring is 1. The summed E-state index contributed by atoms with van der Waals surface area (Å²) in [5.74, 6) is 0.0198. The van der Waals surface area contributed by atoms with Gasteiger partial charge in [0.1, 0.15) is 11.5 Å². The quantitative estimate of drug-likeness (QED) is 0.545. The second kappa shape index (κ2) is 3.33. The zero-order valence-electron chi connectivity index (χ0n) is 7.51. The molecule has 0 bridgehead atoms. The molecule has 0 spiro atoms. The Morgan fingerprint density at radius 1 is 1.29 bits per heavy atom. The molecule has 0 atom stereocenters. The van der Waals surface area contributed by atoms with Crippen LogP contribution in [-0.2, 0) is 0 Å². The lowest BCUT2D eigenvalue weighted by Crippen LogP contribution is -2.15. The summed E-state index contributed by atoms with van der Waals surface area (Å²) >= 11 is 0. The minimum absolute atomic E-state index is 0.0198. The predicted molar refractivity (Wildman–Crippen MR) is 54.6 cm³/mol. The number of nitrogens with one attached hydrogen (secondary N) is 1. The number of nitrogens with zero attached hydrogens (tertiary/aromatic N) is 2. The van der Waals surface area contributed by atoms with Crippen LogP contribution in [0.3, 0.4) is 0 Å². The highest BCUT2D eigenvalue weighted by atomic mass is 15.1. The molecule has 0 saturated heterocycles. The van der Waals surface area contributed by atoms with Gasteiger partial charge in [0.05, 0.1) is 12.5 Å². The molecule has 4 nitrogen and oxygen atoms in total. The van der Waals surface area contributed by atoms with Crippen molar-refractivity contribution < 1.29 is 0 Å². The molecule has 0 aliphatic heterocycles. The van der Waals surface area contributed by atoms with Crippen LogP contribution >= 0.6 is 0 Å². The van der Waals surface area contributed by atoms with Gasteiger partial charge in [-0.2, -0.15) is 0 Å². The van der Waals surface area contributed by atoms with Gasteiger partial charge in [-0.05, 0) is 12.1 Å². The lowest BCUT2D eigenvalue weighted by Gasteiger charge is -2.05. The number of hydrogen-bond donors (Lipinski definition) is 2. The number of rotatable bonds is 2. The van der Waals surface area contributed by atoms with Gasteiger partial charge < -0.3 is 5.73 Å². The maximum Gasteiger partial charge on any atom is 0.141 e. The van der Waals surface area contributed by atoms with Crippen LogP contribution in [0.4, 0.5) is 0 Å². The van der Waals surface area contributed by atoms with Gasteiger partial charge in [0, 0.05) is 5.69 Å². The number of aromatic nitrogens is 2. The smallest absolute Gasteiger partial charge is 0.141 e. The minimum Gasteiger partial charge on any atom is -0.382 e. The highest BCUT2D eigenvalue weighted by Crippen LogP contribution is 2.09. The maximum absolute atomic E-state index is 7.36. The fourth-order valence-electron chi connectivity index (χ4n) is 1.29. The third kappa shape index (κ3) is 1.37. The van der Waals surface area contributed by atoms with Crippen molar-refractivity contribution in [2.45, 2.75) is 0 Å². The zero-order valence-corrected chi connectivity index (χ0v) is 7.51. The van der Waals surface area contributed by atoms with Crippen LogP contribution in [-0.4, -0.2) is 15.4 Å². The molecule has 1 heterocycles. The Bertz CT molecular complexity index is 444. The Morgan fingerprint density at radius 2 is 2.00 bits per heavy atom. The molecule has 2 aromatic rings. The molecule has 0 fully saturated rings. The van der Waals surface area contributed by atoms with E-state index >= 15 is 0 Å². The SMILES string of the molecule is N=C(N)c1cncn1-c1ccccc1. The number of benzene rings is 1. The molecular formula is C10H10N4. The summed E-state index contributed by atoms with van der Waals surface area (Å²) in [7, 11) is 0. The van der Waals surface area contributed by atoms with Gasteiger partial charge in [-0.3, -0.25) is 9.98 Å². The normalized spacial score (nSPS) is 10.0. The molecule has 0 unspecified atom stereocenters. The van der Waals surface area contributed by atoms with E-state index < -0.39 is 0 Å². The van der Waals surface area contributed by atoms with E-state index in [9.17, 15) is 0 Å². The molecule has 0 saturated carbocycles. The summed E-state index contributed by atoms with van der Waals surface area (Å²) in [6, 6.07) is 9.68. The molecule has 14 heavy (non-hydrogen) atoms. The monoisotopic (exact) mass is 186 g/mol. The Morgan fingerprint density at radius 3 is 2.64 bits per heavy atom. The molecule has 70 valence electrons. The Kier molecular flexibility index (Phi) is 2.02. The lowest BCUT2D eigenvalue weighted by molar-refractivity contribution is 1.04. The lowest BCUT2D eigenvalue weighted by atomic mass is 10.3. The summed E-state index contributed by atoms with van der Waals surface area (Å²) in [6.07, 6.45) is 3.22. The summed E-state index contributed by atoms with van der Waals surface area (Å²) in [5, 5.41) is 7.36. The third-order valence-corrected chi connectivity index (χ3v) is 1.95.